The zero-order chi connectivity index (χ0) is 14.8. The quantitative estimate of drug-likeness (QED) is 0.925. The van der Waals surface area contributed by atoms with Gasteiger partial charge in [0.05, 0.1) is 25.4 Å². The lowest BCUT2D eigenvalue weighted by Gasteiger charge is -2.32. The Morgan fingerprint density at radius 1 is 1.24 bits per heavy atom. The van der Waals surface area contributed by atoms with Crippen molar-refractivity contribution in [3.63, 3.8) is 0 Å². The van der Waals surface area contributed by atoms with Gasteiger partial charge in [0.1, 0.15) is 17.3 Å². The molecule has 0 fully saturated rings. The molecule has 0 bridgehead atoms. The summed E-state index contributed by atoms with van der Waals surface area (Å²) in [7, 11) is 1.57. The fraction of sp³-hybridized carbons (Fsp3) is 0.294. The first kappa shape index (κ1) is 13.7. The zero-order valence-electron chi connectivity index (χ0n) is 12.1. The largest absolute Gasteiger partial charge is 0.497 e. The molecule has 0 saturated carbocycles. The second-order valence-corrected chi connectivity index (χ2v) is 5.29. The van der Waals surface area contributed by atoms with Crippen LogP contribution < -0.4 is 14.8 Å². The Morgan fingerprint density at radius 3 is 2.86 bits per heavy atom. The van der Waals surface area contributed by atoms with Crippen molar-refractivity contribution in [1.29, 1.82) is 0 Å². The molecule has 0 saturated heterocycles. The van der Waals surface area contributed by atoms with Crippen LogP contribution in [0.3, 0.4) is 0 Å². The summed E-state index contributed by atoms with van der Waals surface area (Å²) in [6, 6.07) is 12.6. The summed E-state index contributed by atoms with van der Waals surface area (Å²) in [6.07, 6.45) is 0. The molecular formula is C17H18FNO2. The van der Waals surface area contributed by atoms with Crippen LogP contribution in [0.2, 0.25) is 0 Å². The number of ether oxygens (including phenoxy) is 2. The first-order chi connectivity index (χ1) is 10.2. The molecule has 1 aliphatic rings. The van der Waals surface area contributed by atoms with Crippen LogP contribution in [0, 0.1) is 11.7 Å². The van der Waals surface area contributed by atoms with Crippen LogP contribution >= 0.6 is 0 Å². The van der Waals surface area contributed by atoms with Gasteiger partial charge in [-0.1, -0.05) is 25.1 Å². The number of hydrogen-bond acceptors (Lipinski definition) is 3. The average Bonchev–Trinajstić information content (AvgIpc) is 2.52. The predicted molar refractivity (Wildman–Crippen MR) is 80.4 cm³/mol. The maximum atomic E-state index is 14.0. The van der Waals surface area contributed by atoms with Gasteiger partial charge in [0, 0.05) is 17.5 Å². The average molecular weight is 287 g/mol. The van der Waals surface area contributed by atoms with Gasteiger partial charge < -0.3 is 14.8 Å². The lowest BCUT2D eigenvalue weighted by Crippen LogP contribution is -2.29. The minimum absolute atomic E-state index is 0.0107. The third kappa shape index (κ3) is 2.66. The minimum Gasteiger partial charge on any atom is -0.497 e. The van der Waals surface area contributed by atoms with E-state index in [0.717, 1.165) is 11.3 Å². The first-order valence-electron chi connectivity index (χ1n) is 7.01. The molecular weight excluding hydrogens is 269 g/mol. The zero-order valence-corrected chi connectivity index (χ0v) is 12.1. The van der Waals surface area contributed by atoms with Crippen molar-refractivity contribution in [2.24, 2.45) is 5.92 Å². The summed E-state index contributed by atoms with van der Waals surface area (Å²) in [6.45, 7) is 2.70. The monoisotopic (exact) mass is 287 g/mol. The van der Waals surface area contributed by atoms with Gasteiger partial charge in [0.15, 0.2) is 0 Å². The van der Waals surface area contributed by atoms with E-state index in [2.05, 4.69) is 12.2 Å². The molecule has 1 aliphatic heterocycles. The fourth-order valence-electron chi connectivity index (χ4n) is 2.62. The van der Waals surface area contributed by atoms with Crippen molar-refractivity contribution in [2.75, 3.05) is 19.0 Å². The highest BCUT2D eigenvalue weighted by atomic mass is 19.1. The highest BCUT2D eigenvalue weighted by Gasteiger charge is 2.28. The molecule has 1 N–H and O–H groups in total. The third-order valence-electron chi connectivity index (χ3n) is 3.81. The minimum atomic E-state index is -0.285. The van der Waals surface area contributed by atoms with Crippen molar-refractivity contribution < 1.29 is 13.9 Å². The van der Waals surface area contributed by atoms with Crippen LogP contribution in [-0.4, -0.2) is 13.7 Å². The van der Waals surface area contributed by atoms with Gasteiger partial charge in [0.2, 0.25) is 0 Å². The topological polar surface area (TPSA) is 30.5 Å². The molecule has 21 heavy (non-hydrogen) atoms. The number of rotatable bonds is 3. The van der Waals surface area contributed by atoms with E-state index in [4.69, 9.17) is 9.47 Å². The molecule has 3 nitrogen and oxygen atoms in total. The number of methoxy groups -OCH3 is 1. The number of benzene rings is 2. The van der Waals surface area contributed by atoms with E-state index in [1.54, 1.807) is 19.2 Å². The molecule has 0 aromatic heterocycles. The standard InChI is InChI=1S/C17H18FNO2/c1-11-10-21-16-6-4-3-5-13(16)17(11)19-15-9-12(20-2)7-8-14(15)18/h3-9,11,17,19H,10H2,1-2H3. The fourth-order valence-corrected chi connectivity index (χ4v) is 2.62. The molecule has 110 valence electrons. The number of halogens is 1. The van der Waals surface area contributed by atoms with Gasteiger partial charge in [-0.25, -0.2) is 4.39 Å². The molecule has 0 spiro atoms. The summed E-state index contributed by atoms with van der Waals surface area (Å²) in [4.78, 5) is 0. The van der Waals surface area contributed by atoms with Crippen LogP contribution in [0.1, 0.15) is 18.5 Å². The summed E-state index contributed by atoms with van der Waals surface area (Å²) >= 11 is 0. The highest BCUT2D eigenvalue weighted by Crippen LogP contribution is 2.38. The normalized spacial score (nSPS) is 20.3. The van der Waals surface area contributed by atoms with E-state index >= 15 is 0 Å². The third-order valence-corrected chi connectivity index (χ3v) is 3.81. The Labute approximate surface area is 123 Å². The maximum Gasteiger partial charge on any atom is 0.146 e. The Kier molecular flexibility index (Phi) is 3.69. The Hall–Kier alpha value is -2.23. The number of hydrogen-bond donors (Lipinski definition) is 1. The Bertz CT molecular complexity index is 644. The van der Waals surface area contributed by atoms with Crippen molar-refractivity contribution in [2.45, 2.75) is 13.0 Å². The highest BCUT2D eigenvalue weighted by molar-refractivity contribution is 5.53. The number of para-hydroxylation sites is 1. The van der Waals surface area contributed by atoms with Gasteiger partial charge in [-0.05, 0) is 18.2 Å². The molecule has 4 heteroatoms. The van der Waals surface area contributed by atoms with E-state index < -0.39 is 0 Å². The number of fused-ring (bicyclic) bond motifs is 1. The molecule has 3 rings (SSSR count). The first-order valence-corrected chi connectivity index (χ1v) is 7.01. The summed E-state index contributed by atoms with van der Waals surface area (Å²) < 4.78 is 24.9. The molecule has 2 atom stereocenters. The van der Waals surface area contributed by atoms with E-state index in [1.165, 1.54) is 6.07 Å². The van der Waals surface area contributed by atoms with E-state index in [0.29, 0.717) is 18.0 Å². The van der Waals surface area contributed by atoms with Gasteiger partial charge in [-0.15, -0.1) is 0 Å². The van der Waals surface area contributed by atoms with Crippen molar-refractivity contribution in [3.05, 3.63) is 53.8 Å². The molecule has 1 heterocycles. The number of nitrogens with one attached hydrogen (secondary N) is 1. The van der Waals surface area contributed by atoms with Crippen molar-refractivity contribution in [3.8, 4) is 11.5 Å². The molecule has 0 amide bonds. The van der Waals surface area contributed by atoms with Gasteiger partial charge >= 0.3 is 0 Å². The van der Waals surface area contributed by atoms with Crippen LogP contribution in [0.5, 0.6) is 11.5 Å². The molecule has 2 aromatic rings. The molecule has 0 aliphatic carbocycles. The summed E-state index contributed by atoms with van der Waals surface area (Å²) in [5.41, 5.74) is 1.50. The molecule has 2 aromatic carbocycles. The van der Waals surface area contributed by atoms with Gasteiger partial charge in [-0.2, -0.15) is 0 Å². The molecule has 0 radical (unpaired) electrons. The van der Waals surface area contributed by atoms with Crippen molar-refractivity contribution in [1.82, 2.24) is 0 Å². The maximum absolute atomic E-state index is 14.0. The van der Waals surface area contributed by atoms with Crippen molar-refractivity contribution >= 4 is 5.69 Å². The summed E-state index contributed by atoms with van der Waals surface area (Å²) in [5, 5.41) is 3.29. The van der Waals surface area contributed by atoms with E-state index in [-0.39, 0.29) is 17.8 Å². The second-order valence-electron chi connectivity index (χ2n) is 5.29. The Balaban J connectivity index is 1.94. The van der Waals surface area contributed by atoms with E-state index in [1.807, 2.05) is 24.3 Å². The predicted octanol–water partition coefficient (Wildman–Crippen LogP) is 4.02. The SMILES string of the molecule is COc1ccc(F)c(NC2c3ccccc3OCC2C)c1. The van der Waals surface area contributed by atoms with Gasteiger partial charge in [-0.3, -0.25) is 0 Å². The second kappa shape index (κ2) is 5.64. The van der Waals surface area contributed by atoms with E-state index in [9.17, 15) is 4.39 Å². The Morgan fingerprint density at radius 2 is 2.05 bits per heavy atom. The lowest BCUT2D eigenvalue weighted by molar-refractivity contribution is 0.214. The lowest BCUT2D eigenvalue weighted by atomic mass is 9.92. The smallest absolute Gasteiger partial charge is 0.146 e. The van der Waals surface area contributed by atoms with Crippen LogP contribution in [-0.2, 0) is 0 Å². The summed E-state index contributed by atoms with van der Waals surface area (Å²) in [5.74, 6) is 1.45. The number of anilines is 1. The van der Waals surface area contributed by atoms with Crippen LogP contribution in [0.15, 0.2) is 42.5 Å². The van der Waals surface area contributed by atoms with Gasteiger partial charge in [0.25, 0.3) is 0 Å². The van der Waals surface area contributed by atoms with Crippen LogP contribution in [0.4, 0.5) is 10.1 Å². The molecule has 2 unspecified atom stereocenters. The van der Waals surface area contributed by atoms with Crippen LogP contribution in [0.25, 0.3) is 0 Å².